The van der Waals surface area contributed by atoms with Crippen LogP contribution in [-0.2, 0) is 4.74 Å². The number of likely N-dealkylation sites (N-methyl/N-ethyl adjacent to an activating group) is 1. The summed E-state index contributed by atoms with van der Waals surface area (Å²) in [6.45, 7) is 1.64. The molecule has 1 unspecified atom stereocenters. The molecule has 0 heterocycles. The number of aliphatic hydroxyl groups is 1. The number of rotatable bonds is 8. The first-order chi connectivity index (χ1) is 10.7. The van der Waals surface area contributed by atoms with Gasteiger partial charge < -0.3 is 9.84 Å². The van der Waals surface area contributed by atoms with E-state index >= 15 is 0 Å². The van der Waals surface area contributed by atoms with Crippen molar-refractivity contribution in [3.8, 4) is 0 Å². The molecular weight excluding hydrogens is 281 g/mol. The van der Waals surface area contributed by atoms with Crippen LogP contribution in [0.3, 0.4) is 0 Å². The van der Waals surface area contributed by atoms with Crippen LogP contribution < -0.4 is 0 Å². The summed E-state index contributed by atoms with van der Waals surface area (Å²) in [5, 5.41) is 8.75. The highest BCUT2D eigenvalue weighted by Gasteiger charge is 2.18. The van der Waals surface area contributed by atoms with Gasteiger partial charge in [-0.1, -0.05) is 42.5 Å². The molecule has 3 nitrogen and oxygen atoms in total. The van der Waals surface area contributed by atoms with Crippen molar-refractivity contribution in [1.29, 1.82) is 0 Å². The third-order valence-corrected chi connectivity index (χ3v) is 3.57. The van der Waals surface area contributed by atoms with E-state index in [1.54, 1.807) is 0 Å². The van der Waals surface area contributed by atoms with Gasteiger partial charge in [0.2, 0.25) is 0 Å². The third kappa shape index (κ3) is 4.63. The summed E-state index contributed by atoms with van der Waals surface area (Å²) in [6.07, 6.45) is 0. The lowest BCUT2D eigenvalue weighted by molar-refractivity contribution is 0.0735. The van der Waals surface area contributed by atoms with Crippen LogP contribution in [0.4, 0.5) is 4.39 Å². The van der Waals surface area contributed by atoms with E-state index in [1.807, 2.05) is 37.4 Å². The van der Waals surface area contributed by atoms with Gasteiger partial charge in [0.1, 0.15) is 5.82 Å². The molecule has 2 aromatic carbocycles. The Kier molecular flexibility index (Phi) is 6.52. The van der Waals surface area contributed by atoms with E-state index in [4.69, 9.17) is 9.84 Å². The van der Waals surface area contributed by atoms with Crippen molar-refractivity contribution in [1.82, 2.24) is 4.90 Å². The molecule has 2 rings (SSSR count). The molecule has 2 aromatic rings. The first-order valence-corrected chi connectivity index (χ1v) is 7.41. The summed E-state index contributed by atoms with van der Waals surface area (Å²) in [5.41, 5.74) is 2.19. The molecule has 0 spiro atoms. The summed E-state index contributed by atoms with van der Waals surface area (Å²) in [7, 11) is 2.02. The average molecular weight is 303 g/mol. The Morgan fingerprint density at radius 2 is 1.64 bits per heavy atom. The Morgan fingerprint density at radius 3 is 2.27 bits per heavy atom. The van der Waals surface area contributed by atoms with Crippen LogP contribution >= 0.6 is 0 Å². The normalized spacial score (nSPS) is 12.5. The average Bonchev–Trinajstić information content (AvgIpc) is 2.55. The van der Waals surface area contributed by atoms with Gasteiger partial charge >= 0.3 is 0 Å². The van der Waals surface area contributed by atoms with E-state index in [-0.39, 0.29) is 18.5 Å². The lowest BCUT2D eigenvalue weighted by Crippen LogP contribution is -2.29. The van der Waals surface area contributed by atoms with Crippen molar-refractivity contribution in [3.05, 3.63) is 71.5 Å². The molecule has 0 radical (unpaired) electrons. The van der Waals surface area contributed by atoms with Crippen LogP contribution in [0, 0.1) is 5.82 Å². The minimum absolute atomic E-state index is 0.0315. The van der Waals surface area contributed by atoms with Crippen molar-refractivity contribution >= 4 is 0 Å². The first kappa shape index (κ1) is 16.6. The molecular formula is C18H22FNO2. The van der Waals surface area contributed by atoms with Gasteiger partial charge in [-0.2, -0.15) is 0 Å². The zero-order valence-corrected chi connectivity index (χ0v) is 12.8. The number of hydrogen-bond donors (Lipinski definition) is 1. The topological polar surface area (TPSA) is 32.7 Å². The maximum absolute atomic E-state index is 13.2. The summed E-state index contributed by atoms with van der Waals surface area (Å²) < 4.78 is 18.5. The van der Waals surface area contributed by atoms with Crippen molar-refractivity contribution in [2.75, 3.05) is 33.4 Å². The number of nitrogens with zero attached hydrogens (tertiary/aromatic N) is 1. The smallest absolute Gasteiger partial charge is 0.123 e. The van der Waals surface area contributed by atoms with Crippen molar-refractivity contribution in [2.24, 2.45) is 0 Å². The second kappa shape index (κ2) is 8.63. The standard InChI is InChI=1S/C18H22FNO2/c1-20(11-13-22-14-12-21)18(15-5-3-2-4-6-15)16-7-9-17(19)10-8-16/h2-10,18,21H,11-14H2,1H3. The molecule has 0 aliphatic carbocycles. The first-order valence-electron chi connectivity index (χ1n) is 7.41. The Morgan fingerprint density at radius 1 is 1.00 bits per heavy atom. The molecule has 0 amide bonds. The van der Waals surface area contributed by atoms with Crippen LogP contribution in [-0.4, -0.2) is 43.4 Å². The van der Waals surface area contributed by atoms with Crippen LogP contribution in [0.1, 0.15) is 17.2 Å². The van der Waals surface area contributed by atoms with Gasteiger partial charge in [-0.25, -0.2) is 4.39 Å². The fourth-order valence-electron chi connectivity index (χ4n) is 2.49. The minimum atomic E-state index is -0.232. The predicted octanol–water partition coefficient (Wildman–Crippen LogP) is 2.86. The number of halogens is 1. The summed E-state index contributed by atoms with van der Waals surface area (Å²) in [6, 6.07) is 16.8. The number of aliphatic hydroxyl groups excluding tert-OH is 1. The maximum Gasteiger partial charge on any atom is 0.123 e. The van der Waals surface area contributed by atoms with Crippen LogP contribution in [0.2, 0.25) is 0 Å². The highest BCUT2D eigenvalue weighted by Crippen LogP contribution is 2.27. The maximum atomic E-state index is 13.2. The highest BCUT2D eigenvalue weighted by molar-refractivity contribution is 5.31. The molecule has 0 fully saturated rings. The molecule has 4 heteroatoms. The number of ether oxygens (including phenoxy) is 1. The Balaban J connectivity index is 2.16. The predicted molar refractivity (Wildman–Crippen MR) is 85.2 cm³/mol. The number of hydrogen-bond acceptors (Lipinski definition) is 3. The second-order valence-corrected chi connectivity index (χ2v) is 5.18. The molecule has 0 saturated carbocycles. The van der Waals surface area contributed by atoms with Crippen molar-refractivity contribution in [2.45, 2.75) is 6.04 Å². The lowest BCUT2D eigenvalue weighted by Gasteiger charge is -2.29. The Bertz CT molecular complexity index is 545. The molecule has 1 N–H and O–H groups in total. The second-order valence-electron chi connectivity index (χ2n) is 5.18. The summed E-state index contributed by atoms with van der Waals surface area (Å²) in [5.74, 6) is -0.232. The van der Waals surface area contributed by atoms with Gasteiger partial charge in [0, 0.05) is 6.54 Å². The number of benzene rings is 2. The molecule has 0 bridgehead atoms. The fourth-order valence-corrected chi connectivity index (χ4v) is 2.49. The van der Waals surface area contributed by atoms with Crippen LogP contribution in [0.25, 0.3) is 0 Å². The molecule has 118 valence electrons. The molecule has 0 aliphatic heterocycles. The van der Waals surface area contributed by atoms with Gasteiger partial charge in [-0.15, -0.1) is 0 Å². The van der Waals surface area contributed by atoms with Gasteiger partial charge in [0.25, 0.3) is 0 Å². The van der Waals surface area contributed by atoms with Gasteiger partial charge in [-0.05, 0) is 30.3 Å². The van der Waals surface area contributed by atoms with Crippen LogP contribution in [0.5, 0.6) is 0 Å². The Hall–Kier alpha value is -1.75. The van der Waals surface area contributed by atoms with E-state index in [0.29, 0.717) is 13.2 Å². The van der Waals surface area contributed by atoms with Crippen LogP contribution in [0.15, 0.2) is 54.6 Å². The van der Waals surface area contributed by atoms with Crippen molar-refractivity contribution in [3.63, 3.8) is 0 Å². The molecule has 22 heavy (non-hydrogen) atoms. The minimum Gasteiger partial charge on any atom is -0.394 e. The van der Waals surface area contributed by atoms with E-state index in [0.717, 1.165) is 17.7 Å². The largest absolute Gasteiger partial charge is 0.394 e. The SMILES string of the molecule is CN(CCOCCO)C(c1ccccc1)c1ccc(F)cc1. The molecule has 0 saturated heterocycles. The zero-order chi connectivity index (χ0) is 15.8. The zero-order valence-electron chi connectivity index (χ0n) is 12.8. The van der Waals surface area contributed by atoms with E-state index < -0.39 is 0 Å². The molecule has 0 aliphatic rings. The monoisotopic (exact) mass is 303 g/mol. The fraction of sp³-hybridized carbons (Fsp3) is 0.333. The quantitative estimate of drug-likeness (QED) is 0.761. The van der Waals surface area contributed by atoms with E-state index in [1.165, 1.54) is 12.1 Å². The van der Waals surface area contributed by atoms with E-state index in [9.17, 15) is 4.39 Å². The van der Waals surface area contributed by atoms with Gasteiger partial charge in [0.15, 0.2) is 0 Å². The van der Waals surface area contributed by atoms with E-state index in [2.05, 4.69) is 17.0 Å². The third-order valence-electron chi connectivity index (χ3n) is 3.57. The molecule has 0 aromatic heterocycles. The van der Waals surface area contributed by atoms with Gasteiger partial charge in [-0.3, -0.25) is 4.90 Å². The van der Waals surface area contributed by atoms with Crippen molar-refractivity contribution < 1.29 is 14.2 Å². The van der Waals surface area contributed by atoms with Gasteiger partial charge in [0.05, 0.1) is 25.9 Å². The summed E-state index contributed by atoms with van der Waals surface area (Å²) in [4.78, 5) is 2.17. The highest BCUT2D eigenvalue weighted by atomic mass is 19.1. The lowest BCUT2D eigenvalue weighted by atomic mass is 9.97. The summed E-state index contributed by atoms with van der Waals surface area (Å²) >= 11 is 0. The molecule has 1 atom stereocenters. The Labute approximate surface area is 131 Å².